The van der Waals surface area contributed by atoms with Crippen molar-refractivity contribution >= 4 is 0 Å². The first-order valence-electron chi connectivity index (χ1n) is 7.61. The predicted octanol–water partition coefficient (Wildman–Crippen LogP) is 2.92. The van der Waals surface area contributed by atoms with Gasteiger partial charge in [0.15, 0.2) is 0 Å². The van der Waals surface area contributed by atoms with Crippen molar-refractivity contribution in [1.82, 2.24) is 20.1 Å². The molecule has 0 bridgehead atoms. The highest BCUT2D eigenvalue weighted by Crippen LogP contribution is 2.32. The van der Waals surface area contributed by atoms with Gasteiger partial charge in [-0.3, -0.25) is 0 Å². The Morgan fingerprint density at radius 3 is 2.43 bits per heavy atom. The third kappa shape index (κ3) is 3.44. The molecule has 1 saturated carbocycles. The Bertz CT molecular complexity index is 550. The third-order valence-corrected chi connectivity index (χ3v) is 4.11. The quantitative estimate of drug-likeness (QED) is 0.934. The molecule has 6 nitrogen and oxygen atoms in total. The number of hydrogen-bond donors (Lipinski definition) is 1. The molecule has 0 spiro atoms. The molecule has 1 fully saturated rings. The van der Waals surface area contributed by atoms with Gasteiger partial charge in [0, 0.05) is 12.4 Å². The van der Waals surface area contributed by atoms with E-state index in [0.717, 1.165) is 25.7 Å². The summed E-state index contributed by atoms with van der Waals surface area (Å²) in [5, 5.41) is 14.4. The lowest BCUT2D eigenvalue weighted by atomic mass is 9.87. The van der Waals surface area contributed by atoms with Crippen LogP contribution in [0.15, 0.2) is 23.2 Å². The Balaban J connectivity index is 1.72. The molecule has 2 aromatic rings. The fourth-order valence-corrected chi connectivity index (χ4v) is 2.89. The lowest BCUT2D eigenvalue weighted by molar-refractivity contribution is 0.0605. The van der Waals surface area contributed by atoms with E-state index < -0.39 is 6.10 Å². The zero-order valence-corrected chi connectivity index (χ0v) is 12.0. The van der Waals surface area contributed by atoms with Gasteiger partial charge < -0.3 is 9.63 Å². The van der Waals surface area contributed by atoms with Gasteiger partial charge in [-0.05, 0) is 18.8 Å². The minimum absolute atomic E-state index is 0.214. The maximum Gasteiger partial charge on any atom is 0.256 e. The van der Waals surface area contributed by atoms with Crippen LogP contribution in [0.1, 0.15) is 56.9 Å². The van der Waals surface area contributed by atoms with Gasteiger partial charge in [0.2, 0.25) is 5.82 Å². The van der Waals surface area contributed by atoms with Gasteiger partial charge in [-0.15, -0.1) is 0 Å². The Morgan fingerprint density at radius 2 is 1.71 bits per heavy atom. The summed E-state index contributed by atoms with van der Waals surface area (Å²) in [4.78, 5) is 12.2. The smallest absolute Gasteiger partial charge is 0.256 e. The first-order chi connectivity index (χ1) is 10.3. The summed E-state index contributed by atoms with van der Waals surface area (Å²) < 4.78 is 5.24. The molecule has 1 aliphatic rings. The van der Waals surface area contributed by atoms with E-state index in [-0.39, 0.29) is 5.92 Å². The number of aliphatic hydroxyl groups excluding tert-OH is 1. The van der Waals surface area contributed by atoms with E-state index in [4.69, 9.17) is 4.52 Å². The first kappa shape index (κ1) is 14.1. The topological polar surface area (TPSA) is 84.9 Å². The summed E-state index contributed by atoms with van der Waals surface area (Å²) in [7, 11) is 0. The van der Waals surface area contributed by atoms with Crippen molar-refractivity contribution in [3.05, 3.63) is 24.6 Å². The summed E-state index contributed by atoms with van der Waals surface area (Å²) in [6, 6.07) is 0. The average molecular weight is 288 g/mol. The van der Waals surface area contributed by atoms with Crippen molar-refractivity contribution in [3.63, 3.8) is 0 Å². The molecule has 0 aromatic carbocycles. The summed E-state index contributed by atoms with van der Waals surface area (Å²) in [5.41, 5.74) is 0.692. The second-order valence-corrected chi connectivity index (χ2v) is 5.63. The summed E-state index contributed by atoms with van der Waals surface area (Å²) >= 11 is 0. The van der Waals surface area contributed by atoms with Crippen LogP contribution >= 0.6 is 0 Å². The van der Waals surface area contributed by atoms with Crippen LogP contribution in [0.3, 0.4) is 0 Å². The molecular formula is C15H20N4O2. The van der Waals surface area contributed by atoms with E-state index in [9.17, 15) is 5.11 Å². The fraction of sp³-hybridized carbons (Fsp3) is 0.600. The SMILES string of the molecule is OC(c1nc(-c2cncnc2)no1)C1CCCCCCC1. The van der Waals surface area contributed by atoms with Crippen LogP contribution in [0, 0.1) is 5.92 Å². The van der Waals surface area contributed by atoms with Crippen LogP contribution in [-0.2, 0) is 0 Å². The molecule has 112 valence electrons. The molecule has 1 N–H and O–H groups in total. The van der Waals surface area contributed by atoms with Gasteiger partial charge in [0.25, 0.3) is 5.89 Å². The number of aromatic nitrogens is 4. The van der Waals surface area contributed by atoms with Crippen LogP contribution in [0.2, 0.25) is 0 Å². The van der Waals surface area contributed by atoms with E-state index in [2.05, 4.69) is 20.1 Å². The first-order valence-corrected chi connectivity index (χ1v) is 7.61. The molecule has 0 amide bonds. The maximum absolute atomic E-state index is 10.5. The van der Waals surface area contributed by atoms with Crippen LogP contribution in [0.25, 0.3) is 11.4 Å². The molecule has 3 rings (SSSR count). The Morgan fingerprint density at radius 1 is 1.05 bits per heavy atom. The van der Waals surface area contributed by atoms with E-state index >= 15 is 0 Å². The van der Waals surface area contributed by atoms with Gasteiger partial charge in [-0.25, -0.2) is 9.97 Å². The molecular weight excluding hydrogens is 268 g/mol. The maximum atomic E-state index is 10.5. The second-order valence-electron chi connectivity index (χ2n) is 5.63. The summed E-state index contributed by atoms with van der Waals surface area (Å²) in [6.45, 7) is 0. The zero-order valence-electron chi connectivity index (χ0n) is 12.0. The number of hydrogen-bond acceptors (Lipinski definition) is 6. The van der Waals surface area contributed by atoms with Crippen molar-refractivity contribution in [2.24, 2.45) is 5.92 Å². The van der Waals surface area contributed by atoms with E-state index in [1.54, 1.807) is 12.4 Å². The molecule has 2 aromatic heterocycles. The number of rotatable bonds is 3. The lowest BCUT2D eigenvalue weighted by Gasteiger charge is -2.22. The fourth-order valence-electron chi connectivity index (χ4n) is 2.89. The van der Waals surface area contributed by atoms with Crippen molar-refractivity contribution in [1.29, 1.82) is 0 Å². The summed E-state index contributed by atoms with van der Waals surface area (Å²) in [5.74, 6) is 0.945. The Hall–Kier alpha value is -1.82. The number of aliphatic hydroxyl groups is 1. The number of nitrogens with zero attached hydrogens (tertiary/aromatic N) is 4. The van der Waals surface area contributed by atoms with Crippen LogP contribution in [0.4, 0.5) is 0 Å². The molecule has 0 radical (unpaired) electrons. The molecule has 2 heterocycles. The van der Waals surface area contributed by atoms with Crippen molar-refractivity contribution < 1.29 is 9.63 Å². The van der Waals surface area contributed by atoms with Gasteiger partial charge in [-0.1, -0.05) is 37.3 Å². The lowest BCUT2D eigenvalue weighted by Crippen LogP contribution is -2.14. The monoisotopic (exact) mass is 288 g/mol. The van der Waals surface area contributed by atoms with Crippen LogP contribution < -0.4 is 0 Å². The van der Waals surface area contributed by atoms with Crippen LogP contribution in [0.5, 0.6) is 0 Å². The van der Waals surface area contributed by atoms with Gasteiger partial charge in [-0.2, -0.15) is 4.98 Å². The second kappa shape index (κ2) is 6.76. The molecule has 6 heteroatoms. The van der Waals surface area contributed by atoms with Gasteiger partial charge in [0.05, 0.1) is 5.56 Å². The normalized spacial score (nSPS) is 18.9. The average Bonchev–Trinajstić information content (AvgIpc) is 2.97. The van der Waals surface area contributed by atoms with E-state index in [1.807, 2.05) is 0 Å². The minimum atomic E-state index is -0.672. The molecule has 1 unspecified atom stereocenters. The van der Waals surface area contributed by atoms with Crippen molar-refractivity contribution in [2.45, 2.75) is 51.0 Å². The standard InChI is InChI=1S/C15H20N4O2/c20-13(11-6-4-2-1-3-5-7-11)15-18-14(19-21-15)12-8-16-10-17-9-12/h8-11,13,20H,1-7H2. The zero-order chi connectivity index (χ0) is 14.5. The molecule has 0 aliphatic heterocycles. The highest BCUT2D eigenvalue weighted by atomic mass is 16.5. The highest BCUT2D eigenvalue weighted by Gasteiger charge is 2.26. The Kier molecular flexibility index (Phi) is 4.55. The Labute approximate surface area is 123 Å². The molecule has 0 saturated heterocycles. The highest BCUT2D eigenvalue weighted by molar-refractivity contribution is 5.50. The van der Waals surface area contributed by atoms with E-state index in [1.165, 1.54) is 25.6 Å². The predicted molar refractivity (Wildman–Crippen MR) is 76.1 cm³/mol. The van der Waals surface area contributed by atoms with Gasteiger partial charge >= 0.3 is 0 Å². The summed E-state index contributed by atoms with van der Waals surface area (Å²) in [6.07, 6.45) is 12.2. The van der Waals surface area contributed by atoms with Gasteiger partial charge in [0.1, 0.15) is 12.4 Å². The van der Waals surface area contributed by atoms with E-state index in [0.29, 0.717) is 17.3 Å². The molecule has 21 heavy (non-hydrogen) atoms. The molecule has 1 aliphatic carbocycles. The molecule has 1 atom stereocenters. The van der Waals surface area contributed by atoms with Crippen molar-refractivity contribution in [2.75, 3.05) is 0 Å². The van der Waals surface area contributed by atoms with Crippen LogP contribution in [-0.4, -0.2) is 25.2 Å². The third-order valence-electron chi connectivity index (χ3n) is 4.11. The minimum Gasteiger partial charge on any atom is -0.383 e. The largest absolute Gasteiger partial charge is 0.383 e. The van der Waals surface area contributed by atoms with Crippen molar-refractivity contribution in [3.8, 4) is 11.4 Å².